The largest absolute Gasteiger partial charge is 0.507 e. The summed E-state index contributed by atoms with van der Waals surface area (Å²) in [4.78, 5) is 5.70. The molecule has 0 fully saturated rings. The van der Waals surface area contributed by atoms with Crippen LogP contribution in [-0.2, 0) is 17.3 Å². The molecule has 0 saturated carbocycles. The summed E-state index contributed by atoms with van der Waals surface area (Å²) in [5.41, 5.74) is 7.72. The number of benzene rings is 2. The van der Waals surface area contributed by atoms with Gasteiger partial charge in [-0.15, -0.1) is 0 Å². The van der Waals surface area contributed by atoms with E-state index in [1.54, 1.807) is 6.07 Å². The number of imidazole rings is 1. The number of aromatic amines is 2. The first kappa shape index (κ1) is 20.7. The van der Waals surface area contributed by atoms with E-state index in [0.29, 0.717) is 16.9 Å². The van der Waals surface area contributed by atoms with Gasteiger partial charge in [-0.3, -0.25) is 0 Å². The van der Waals surface area contributed by atoms with E-state index >= 15 is 0 Å². The van der Waals surface area contributed by atoms with Gasteiger partial charge in [-0.05, 0) is 88.8 Å². The molecular formula is C25H30N2O2S. The van der Waals surface area contributed by atoms with Crippen molar-refractivity contribution in [1.29, 1.82) is 0 Å². The summed E-state index contributed by atoms with van der Waals surface area (Å²) in [6, 6.07) is 10.2. The fourth-order valence-corrected chi connectivity index (χ4v) is 4.88. The van der Waals surface area contributed by atoms with Crippen molar-refractivity contribution in [3.05, 3.63) is 63.1 Å². The lowest BCUT2D eigenvalue weighted by Gasteiger charge is -2.42. The maximum absolute atomic E-state index is 10.7. The van der Waals surface area contributed by atoms with Crippen LogP contribution in [-0.4, -0.2) is 20.2 Å². The smallest absolute Gasteiger partial charge is 0.210 e. The molecule has 4 N–H and O–H groups in total. The van der Waals surface area contributed by atoms with E-state index in [1.807, 2.05) is 12.1 Å². The quantitative estimate of drug-likeness (QED) is 0.369. The van der Waals surface area contributed by atoms with Crippen molar-refractivity contribution in [1.82, 2.24) is 9.97 Å². The van der Waals surface area contributed by atoms with Crippen LogP contribution in [0.3, 0.4) is 0 Å². The zero-order chi connectivity index (χ0) is 21.8. The molecule has 3 aromatic rings. The highest BCUT2D eigenvalue weighted by Gasteiger charge is 2.37. The van der Waals surface area contributed by atoms with Gasteiger partial charge in [-0.1, -0.05) is 39.8 Å². The minimum atomic E-state index is 0.0589. The van der Waals surface area contributed by atoms with E-state index in [4.69, 9.17) is 12.2 Å². The first-order valence-electron chi connectivity index (χ1n) is 10.5. The lowest BCUT2D eigenvalue weighted by Crippen LogP contribution is -2.34. The molecule has 1 heterocycles. The van der Waals surface area contributed by atoms with Gasteiger partial charge in [0.2, 0.25) is 5.88 Å². The van der Waals surface area contributed by atoms with Gasteiger partial charge in [-0.2, -0.15) is 0 Å². The van der Waals surface area contributed by atoms with Crippen molar-refractivity contribution in [3.8, 4) is 22.8 Å². The van der Waals surface area contributed by atoms with Crippen LogP contribution in [0.15, 0.2) is 30.3 Å². The Morgan fingerprint density at radius 3 is 2.13 bits per heavy atom. The molecule has 4 nitrogen and oxygen atoms in total. The SMILES string of the molecule is Cc1cc2c(cc1-c1cc(Cc3[nH]c(=S)[nH]c3O)ccc1O)C(C)(C)CCC2(C)C. The molecule has 1 aromatic heterocycles. The van der Waals surface area contributed by atoms with Crippen molar-refractivity contribution in [2.45, 2.75) is 64.7 Å². The van der Waals surface area contributed by atoms with Crippen LogP contribution in [0.25, 0.3) is 11.1 Å². The summed E-state index contributed by atoms with van der Waals surface area (Å²) in [7, 11) is 0. The van der Waals surface area contributed by atoms with E-state index in [1.165, 1.54) is 17.5 Å². The van der Waals surface area contributed by atoms with E-state index in [9.17, 15) is 10.2 Å². The lowest BCUT2D eigenvalue weighted by molar-refractivity contribution is 0.332. The number of H-pyrrole nitrogens is 2. The number of aromatic nitrogens is 2. The standard InChI is InChI=1S/C25H30N2O2S/c1-14-10-18-19(25(4,5)9-8-24(18,2)3)13-16(14)17-11-15(6-7-21(17)28)12-20-22(29)27-23(30)26-20/h6-7,10-11,13,28-29H,8-9,12H2,1-5H3,(H2,26,27,30). The molecule has 1 aliphatic carbocycles. The van der Waals surface area contributed by atoms with Gasteiger partial charge in [0.05, 0.1) is 5.69 Å². The Morgan fingerprint density at radius 2 is 1.53 bits per heavy atom. The second-order valence-corrected chi connectivity index (χ2v) is 10.3. The molecule has 0 aliphatic heterocycles. The van der Waals surface area contributed by atoms with Crippen LogP contribution in [0, 0.1) is 11.7 Å². The molecule has 5 heteroatoms. The zero-order valence-corrected chi connectivity index (χ0v) is 19.1. The summed E-state index contributed by atoms with van der Waals surface area (Å²) >= 11 is 5.06. The van der Waals surface area contributed by atoms with E-state index in [0.717, 1.165) is 28.7 Å². The fourth-order valence-electron chi connectivity index (χ4n) is 4.66. The number of aromatic hydroxyl groups is 2. The molecule has 0 atom stereocenters. The van der Waals surface area contributed by atoms with Crippen molar-refractivity contribution in [2.24, 2.45) is 0 Å². The first-order valence-corrected chi connectivity index (χ1v) is 10.9. The van der Waals surface area contributed by atoms with E-state index in [-0.39, 0.29) is 22.5 Å². The molecule has 1 aliphatic rings. The minimum absolute atomic E-state index is 0.0589. The van der Waals surface area contributed by atoms with Gasteiger partial charge in [-0.25, -0.2) is 0 Å². The average molecular weight is 423 g/mol. The average Bonchev–Trinajstić information content (AvgIpc) is 2.97. The third kappa shape index (κ3) is 3.56. The Balaban J connectivity index is 1.83. The molecule has 0 spiro atoms. The number of hydrogen-bond acceptors (Lipinski definition) is 3. The number of hydrogen-bond donors (Lipinski definition) is 4. The summed E-state index contributed by atoms with van der Waals surface area (Å²) in [5, 5.41) is 20.7. The first-order chi connectivity index (χ1) is 14.0. The highest BCUT2D eigenvalue weighted by atomic mass is 32.1. The maximum Gasteiger partial charge on any atom is 0.210 e. The molecule has 0 amide bonds. The van der Waals surface area contributed by atoms with Crippen LogP contribution in [0.5, 0.6) is 11.6 Å². The Morgan fingerprint density at radius 1 is 0.900 bits per heavy atom. The summed E-state index contributed by atoms with van der Waals surface area (Å²) < 4.78 is 0.400. The molecule has 0 unspecified atom stereocenters. The molecule has 0 saturated heterocycles. The number of phenols is 1. The molecule has 4 rings (SSSR count). The Hall–Kier alpha value is -2.53. The van der Waals surface area contributed by atoms with Gasteiger partial charge in [0.25, 0.3) is 0 Å². The normalized spacial score (nSPS) is 17.0. The minimum Gasteiger partial charge on any atom is -0.507 e. The zero-order valence-electron chi connectivity index (χ0n) is 18.3. The lowest BCUT2D eigenvalue weighted by atomic mass is 9.62. The van der Waals surface area contributed by atoms with Gasteiger partial charge in [0, 0.05) is 12.0 Å². The third-order valence-electron chi connectivity index (χ3n) is 6.71. The molecule has 30 heavy (non-hydrogen) atoms. The molecule has 0 radical (unpaired) electrons. The summed E-state index contributed by atoms with van der Waals surface area (Å²) in [6.45, 7) is 11.4. The third-order valence-corrected chi connectivity index (χ3v) is 6.92. The molecule has 0 bridgehead atoms. The Bertz CT molecular complexity index is 1180. The van der Waals surface area contributed by atoms with Gasteiger partial charge in [0.15, 0.2) is 4.77 Å². The highest BCUT2D eigenvalue weighted by Crippen LogP contribution is 2.48. The van der Waals surface area contributed by atoms with Gasteiger partial charge in [0.1, 0.15) is 5.75 Å². The fraction of sp³-hybridized carbons (Fsp3) is 0.400. The van der Waals surface area contributed by atoms with Crippen molar-refractivity contribution in [3.63, 3.8) is 0 Å². The Kier molecular flexibility index (Phi) is 4.85. The van der Waals surface area contributed by atoms with Crippen molar-refractivity contribution >= 4 is 12.2 Å². The number of rotatable bonds is 3. The predicted octanol–water partition coefficient (Wildman–Crippen LogP) is 6.40. The Labute approximate surface area is 183 Å². The second-order valence-electron chi connectivity index (χ2n) is 9.92. The van der Waals surface area contributed by atoms with E-state index in [2.05, 4.69) is 56.7 Å². The van der Waals surface area contributed by atoms with Crippen LogP contribution < -0.4 is 0 Å². The van der Waals surface area contributed by atoms with Crippen molar-refractivity contribution < 1.29 is 10.2 Å². The van der Waals surface area contributed by atoms with Gasteiger partial charge >= 0.3 is 0 Å². The molecular weight excluding hydrogens is 392 g/mol. The predicted molar refractivity (Wildman–Crippen MR) is 124 cm³/mol. The number of phenolic OH excluding ortho intramolecular Hbond substituents is 1. The van der Waals surface area contributed by atoms with Crippen LogP contribution in [0.1, 0.15) is 68.5 Å². The highest BCUT2D eigenvalue weighted by molar-refractivity contribution is 7.71. The molecule has 2 aromatic carbocycles. The summed E-state index contributed by atoms with van der Waals surface area (Å²) in [5.74, 6) is 0.324. The van der Waals surface area contributed by atoms with Crippen LogP contribution in [0.2, 0.25) is 0 Å². The van der Waals surface area contributed by atoms with Crippen LogP contribution in [0.4, 0.5) is 0 Å². The number of aryl methyl sites for hydroxylation is 1. The topological polar surface area (TPSA) is 72.0 Å². The monoisotopic (exact) mass is 422 g/mol. The molecule has 158 valence electrons. The summed E-state index contributed by atoms with van der Waals surface area (Å²) in [6.07, 6.45) is 2.82. The number of fused-ring (bicyclic) bond motifs is 1. The van der Waals surface area contributed by atoms with E-state index < -0.39 is 0 Å². The van der Waals surface area contributed by atoms with Gasteiger partial charge < -0.3 is 20.2 Å². The van der Waals surface area contributed by atoms with Crippen molar-refractivity contribution in [2.75, 3.05) is 0 Å². The maximum atomic E-state index is 10.7. The van der Waals surface area contributed by atoms with Crippen LogP contribution >= 0.6 is 12.2 Å². The second kappa shape index (κ2) is 7.02. The number of nitrogens with one attached hydrogen (secondary N) is 2.